The number of ketones is 1. The van der Waals surface area contributed by atoms with E-state index in [1.165, 1.54) is 0 Å². The first kappa shape index (κ1) is 13.4. The van der Waals surface area contributed by atoms with E-state index in [1.54, 1.807) is 37.1 Å². The van der Waals surface area contributed by atoms with Crippen molar-refractivity contribution in [3.8, 4) is 5.75 Å². The minimum atomic E-state index is 0.201. The van der Waals surface area contributed by atoms with E-state index >= 15 is 0 Å². The molecule has 16 heavy (non-hydrogen) atoms. The first-order valence-corrected chi connectivity index (χ1v) is 6.62. The molecule has 0 heterocycles. The second-order valence-corrected chi connectivity index (χ2v) is 5.02. The molecule has 0 aromatic heterocycles. The molecule has 4 heteroatoms. The smallest absolute Gasteiger partial charge is 0.147 e. The number of Topliss-reactive ketones (excluding diaryl/α,β-unsaturated/α-hetero) is 1. The highest BCUT2D eigenvalue weighted by atomic mass is 35.5. The van der Waals surface area contributed by atoms with Crippen LogP contribution in [0.3, 0.4) is 0 Å². The third kappa shape index (κ3) is 4.06. The summed E-state index contributed by atoms with van der Waals surface area (Å²) in [7, 11) is 1.60. The lowest BCUT2D eigenvalue weighted by atomic mass is 10.1. The Balaban J connectivity index is 2.71. The van der Waals surface area contributed by atoms with Gasteiger partial charge in [0.1, 0.15) is 11.5 Å². The van der Waals surface area contributed by atoms with Crippen LogP contribution in [-0.2, 0) is 11.2 Å². The molecule has 2 nitrogen and oxygen atoms in total. The van der Waals surface area contributed by atoms with E-state index < -0.39 is 0 Å². The van der Waals surface area contributed by atoms with Crippen molar-refractivity contribution in [1.29, 1.82) is 0 Å². The van der Waals surface area contributed by atoms with Crippen LogP contribution in [0.2, 0.25) is 5.02 Å². The lowest BCUT2D eigenvalue weighted by Gasteiger charge is -2.08. The highest BCUT2D eigenvalue weighted by molar-refractivity contribution is 7.99. The van der Waals surface area contributed by atoms with Crippen LogP contribution in [0.15, 0.2) is 18.2 Å². The molecule has 0 aliphatic heterocycles. The molecule has 0 aliphatic rings. The van der Waals surface area contributed by atoms with E-state index in [2.05, 4.69) is 0 Å². The average Bonchev–Trinajstić information content (AvgIpc) is 2.27. The fourth-order valence-corrected chi connectivity index (χ4v) is 2.09. The van der Waals surface area contributed by atoms with Crippen molar-refractivity contribution >= 4 is 29.1 Å². The normalized spacial score (nSPS) is 10.2. The maximum absolute atomic E-state index is 11.6. The van der Waals surface area contributed by atoms with Crippen molar-refractivity contribution in [2.45, 2.75) is 13.3 Å². The van der Waals surface area contributed by atoms with Crippen molar-refractivity contribution in [3.63, 3.8) is 0 Å². The summed E-state index contributed by atoms with van der Waals surface area (Å²) in [6.07, 6.45) is 0.386. The zero-order valence-corrected chi connectivity index (χ0v) is 11.0. The van der Waals surface area contributed by atoms with Gasteiger partial charge in [-0.3, -0.25) is 4.79 Å². The summed E-state index contributed by atoms with van der Waals surface area (Å²) >= 11 is 7.52. The summed E-state index contributed by atoms with van der Waals surface area (Å²) in [5.74, 6) is 2.43. The molecule has 0 bridgehead atoms. The van der Waals surface area contributed by atoms with Gasteiger partial charge in [-0.2, -0.15) is 11.8 Å². The zero-order valence-electron chi connectivity index (χ0n) is 9.46. The van der Waals surface area contributed by atoms with Crippen molar-refractivity contribution in [2.75, 3.05) is 18.6 Å². The molecule has 1 rings (SSSR count). The van der Waals surface area contributed by atoms with E-state index in [0.29, 0.717) is 17.2 Å². The molecule has 0 radical (unpaired) electrons. The SMILES string of the molecule is CCSCC(=O)Cc1cc(Cl)ccc1OC. The van der Waals surface area contributed by atoms with Crippen LogP contribution < -0.4 is 4.74 Å². The molecule has 0 unspecified atom stereocenters. The Kier molecular flexibility index (Phi) is 5.71. The minimum Gasteiger partial charge on any atom is -0.496 e. The molecule has 0 saturated heterocycles. The highest BCUT2D eigenvalue weighted by Gasteiger charge is 2.09. The lowest BCUT2D eigenvalue weighted by molar-refractivity contribution is -0.116. The molecule has 0 aliphatic carbocycles. The standard InChI is InChI=1S/C12H15ClO2S/c1-3-16-8-11(14)7-9-6-10(13)4-5-12(9)15-2/h4-6H,3,7-8H2,1-2H3. The van der Waals surface area contributed by atoms with Crippen LogP contribution in [0.25, 0.3) is 0 Å². The van der Waals surface area contributed by atoms with Crippen LogP contribution in [-0.4, -0.2) is 24.4 Å². The number of thioether (sulfide) groups is 1. The second-order valence-electron chi connectivity index (χ2n) is 3.31. The number of hydrogen-bond donors (Lipinski definition) is 0. The lowest BCUT2D eigenvalue weighted by Crippen LogP contribution is -2.07. The molecule has 0 fully saturated rings. The Hall–Kier alpha value is -0.670. The van der Waals surface area contributed by atoms with E-state index in [0.717, 1.165) is 17.1 Å². The molecule has 0 spiro atoms. The molecule has 0 atom stereocenters. The Bertz CT molecular complexity index is 366. The molecular formula is C12H15ClO2S. The maximum Gasteiger partial charge on any atom is 0.147 e. The van der Waals surface area contributed by atoms with Gasteiger partial charge in [0, 0.05) is 17.0 Å². The largest absolute Gasteiger partial charge is 0.496 e. The summed E-state index contributed by atoms with van der Waals surface area (Å²) in [5, 5.41) is 0.631. The molecule has 0 N–H and O–H groups in total. The Labute approximate surface area is 105 Å². The summed E-state index contributed by atoms with van der Waals surface area (Å²) < 4.78 is 5.19. The number of halogens is 1. The van der Waals surface area contributed by atoms with Crippen LogP contribution in [0.4, 0.5) is 0 Å². The number of benzene rings is 1. The quantitative estimate of drug-likeness (QED) is 0.784. The number of hydrogen-bond acceptors (Lipinski definition) is 3. The van der Waals surface area contributed by atoms with Crippen molar-refractivity contribution in [3.05, 3.63) is 28.8 Å². The van der Waals surface area contributed by atoms with Gasteiger partial charge in [-0.05, 0) is 24.0 Å². The topological polar surface area (TPSA) is 26.3 Å². The van der Waals surface area contributed by atoms with Crippen LogP contribution in [0, 0.1) is 0 Å². The Morgan fingerprint density at radius 1 is 1.50 bits per heavy atom. The second kappa shape index (κ2) is 6.81. The predicted octanol–water partition coefficient (Wildman–Crippen LogP) is 3.21. The van der Waals surface area contributed by atoms with Crippen molar-refractivity contribution in [1.82, 2.24) is 0 Å². The van der Waals surface area contributed by atoms with E-state index in [4.69, 9.17) is 16.3 Å². The maximum atomic E-state index is 11.6. The first-order valence-electron chi connectivity index (χ1n) is 5.09. The molecule has 0 amide bonds. The fraction of sp³-hybridized carbons (Fsp3) is 0.417. The Morgan fingerprint density at radius 3 is 2.88 bits per heavy atom. The first-order chi connectivity index (χ1) is 7.67. The average molecular weight is 259 g/mol. The summed E-state index contributed by atoms with van der Waals surface area (Å²) in [6.45, 7) is 2.04. The molecule has 88 valence electrons. The summed E-state index contributed by atoms with van der Waals surface area (Å²) in [5.41, 5.74) is 0.858. The number of rotatable bonds is 6. The van der Waals surface area contributed by atoms with Gasteiger partial charge in [0.2, 0.25) is 0 Å². The van der Waals surface area contributed by atoms with Gasteiger partial charge < -0.3 is 4.74 Å². The molecular weight excluding hydrogens is 244 g/mol. The van der Waals surface area contributed by atoms with Crippen LogP contribution >= 0.6 is 23.4 Å². The van der Waals surface area contributed by atoms with E-state index in [1.807, 2.05) is 6.92 Å². The predicted molar refractivity (Wildman–Crippen MR) is 69.7 cm³/mol. The van der Waals surface area contributed by atoms with E-state index in [-0.39, 0.29) is 5.78 Å². The number of ether oxygens (including phenoxy) is 1. The number of carbonyl (C=O) groups excluding carboxylic acids is 1. The van der Waals surface area contributed by atoms with Gasteiger partial charge in [0.25, 0.3) is 0 Å². The monoisotopic (exact) mass is 258 g/mol. The fourth-order valence-electron chi connectivity index (χ4n) is 1.36. The number of carbonyl (C=O) groups is 1. The Morgan fingerprint density at radius 2 is 2.25 bits per heavy atom. The minimum absolute atomic E-state index is 0.201. The van der Waals surface area contributed by atoms with Gasteiger partial charge in [-0.1, -0.05) is 18.5 Å². The van der Waals surface area contributed by atoms with Gasteiger partial charge in [-0.25, -0.2) is 0 Å². The van der Waals surface area contributed by atoms with Crippen LogP contribution in [0.5, 0.6) is 5.75 Å². The van der Waals surface area contributed by atoms with Gasteiger partial charge in [0.05, 0.1) is 12.9 Å². The van der Waals surface area contributed by atoms with Gasteiger partial charge >= 0.3 is 0 Å². The van der Waals surface area contributed by atoms with E-state index in [9.17, 15) is 4.79 Å². The van der Waals surface area contributed by atoms with Crippen molar-refractivity contribution < 1.29 is 9.53 Å². The highest BCUT2D eigenvalue weighted by Crippen LogP contribution is 2.23. The summed E-state index contributed by atoms with van der Waals surface area (Å²) in [4.78, 5) is 11.6. The third-order valence-corrected chi connectivity index (χ3v) is 3.27. The van der Waals surface area contributed by atoms with Gasteiger partial charge in [0.15, 0.2) is 0 Å². The summed E-state index contributed by atoms with van der Waals surface area (Å²) in [6, 6.07) is 5.34. The van der Waals surface area contributed by atoms with Gasteiger partial charge in [-0.15, -0.1) is 0 Å². The zero-order chi connectivity index (χ0) is 12.0. The molecule has 1 aromatic carbocycles. The molecule has 1 aromatic rings. The molecule has 0 saturated carbocycles. The van der Waals surface area contributed by atoms with Crippen molar-refractivity contribution in [2.24, 2.45) is 0 Å². The number of methoxy groups -OCH3 is 1. The van der Waals surface area contributed by atoms with Crippen LogP contribution in [0.1, 0.15) is 12.5 Å². The third-order valence-electron chi connectivity index (χ3n) is 2.10.